The van der Waals surface area contributed by atoms with E-state index in [9.17, 15) is 4.79 Å². The second-order valence-electron chi connectivity index (χ2n) is 4.25. The number of amides is 1. The van der Waals surface area contributed by atoms with E-state index >= 15 is 0 Å². The second-order valence-corrected chi connectivity index (χ2v) is 4.25. The van der Waals surface area contributed by atoms with Gasteiger partial charge in [-0.25, -0.2) is 0 Å². The van der Waals surface area contributed by atoms with Gasteiger partial charge in [-0.15, -0.1) is 24.0 Å². The van der Waals surface area contributed by atoms with Gasteiger partial charge in [-0.05, 0) is 24.1 Å². The highest BCUT2D eigenvalue weighted by molar-refractivity contribution is 14.0. The van der Waals surface area contributed by atoms with Crippen molar-refractivity contribution < 1.29 is 4.79 Å². The Bertz CT molecular complexity index is 462. The summed E-state index contributed by atoms with van der Waals surface area (Å²) < 4.78 is 0. The zero-order valence-corrected chi connectivity index (χ0v) is 13.2. The molecule has 6 heteroatoms. The predicted octanol–water partition coefficient (Wildman–Crippen LogP) is 1.70. The topological polar surface area (TPSA) is 65.5 Å². The molecule has 0 radical (unpaired) electrons. The van der Waals surface area contributed by atoms with Crippen LogP contribution in [0.15, 0.2) is 29.3 Å². The Kier molecular flexibility index (Phi) is 6.61. The molecule has 5 nitrogen and oxygen atoms in total. The van der Waals surface area contributed by atoms with E-state index < -0.39 is 0 Å². The molecule has 0 aromatic heterocycles. The standard InChI is InChI=1S/C13H18N4O.HI/c1-10(18)17-12-5-2-4-11(8-12)9-16-13-14-6-3-7-15-13;/h2,4-5,8H,3,6-7,9H2,1H3,(H,17,18)(H2,14,15,16);1H. The Hall–Kier alpha value is -1.31. The van der Waals surface area contributed by atoms with Crippen LogP contribution in [0.2, 0.25) is 0 Å². The lowest BCUT2D eigenvalue weighted by atomic mass is 10.2. The first-order chi connectivity index (χ1) is 8.74. The zero-order chi connectivity index (χ0) is 12.8. The molecule has 19 heavy (non-hydrogen) atoms. The third-order valence-electron chi connectivity index (χ3n) is 2.60. The van der Waals surface area contributed by atoms with Gasteiger partial charge in [0, 0.05) is 32.2 Å². The number of carbonyl (C=O) groups is 1. The number of aliphatic imine (C=N–C) groups is 1. The molecule has 0 saturated carbocycles. The molecule has 1 aliphatic heterocycles. The monoisotopic (exact) mass is 374 g/mol. The van der Waals surface area contributed by atoms with Gasteiger partial charge < -0.3 is 16.0 Å². The van der Waals surface area contributed by atoms with E-state index in [0.717, 1.165) is 36.7 Å². The first kappa shape index (κ1) is 15.7. The van der Waals surface area contributed by atoms with Gasteiger partial charge in [0.25, 0.3) is 0 Å². The maximum absolute atomic E-state index is 11.0. The van der Waals surface area contributed by atoms with Crippen LogP contribution in [-0.2, 0) is 11.3 Å². The van der Waals surface area contributed by atoms with Crippen molar-refractivity contribution in [2.45, 2.75) is 19.9 Å². The molecule has 104 valence electrons. The third kappa shape index (κ3) is 5.46. The molecule has 2 rings (SSSR count). The van der Waals surface area contributed by atoms with Crippen LogP contribution in [0.3, 0.4) is 0 Å². The molecule has 0 aliphatic carbocycles. The number of benzene rings is 1. The number of rotatable bonds is 3. The number of guanidine groups is 1. The number of carbonyl (C=O) groups excluding carboxylic acids is 1. The molecule has 0 spiro atoms. The number of nitrogens with zero attached hydrogens (tertiary/aromatic N) is 1. The van der Waals surface area contributed by atoms with Gasteiger partial charge >= 0.3 is 0 Å². The molecule has 0 atom stereocenters. The van der Waals surface area contributed by atoms with Gasteiger partial charge in [-0.1, -0.05) is 12.1 Å². The van der Waals surface area contributed by atoms with Crippen molar-refractivity contribution in [1.29, 1.82) is 0 Å². The Morgan fingerprint density at radius 1 is 1.47 bits per heavy atom. The lowest BCUT2D eigenvalue weighted by molar-refractivity contribution is -0.114. The van der Waals surface area contributed by atoms with E-state index in [2.05, 4.69) is 20.9 Å². The Labute approximate surface area is 130 Å². The van der Waals surface area contributed by atoms with Crippen LogP contribution in [0.4, 0.5) is 5.69 Å². The Balaban J connectivity index is 0.00000180. The molecule has 1 aromatic rings. The van der Waals surface area contributed by atoms with Gasteiger partial charge in [0.05, 0.1) is 0 Å². The lowest BCUT2D eigenvalue weighted by Gasteiger charge is -2.16. The molecular weight excluding hydrogens is 355 g/mol. The normalized spacial score (nSPS) is 13.6. The average Bonchev–Trinajstić information content (AvgIpc) is 2.37. The van der Waals surface area contributed by atoms with Crippen molar-refractivity contribution in [3.63, 3.8) is 0 Å². The largest absolute Gasteiger partial charge is 0.356 e. The van der Waals surface area contributed by atoms with E-state index in [1.807, 2.05) is 24.3 Å². The van der Waals surface area contributed by atoms with Gasteiger partial charge in [0.1, 0.15) is 0 Å². The quantitative estimate of drug-likeness (QED) is 0.706. The van der Waals surface area contributed by atoms with E-state index in [1.54, 1.807) is 0 Å². The van der Waals surface area contributed by atoms with Crippen LogP contribution < -0.4 is 16.0 Å². The van der Waals surface area contributed by atoms with E-state index in [0.29, 0.717) is 6.54 Å². The smallest absolute Gasteiger partial charge is 0.221 e. The summed E-state index contributed by atoms with van der Waals surface area (Å²) in [6, 6.07) is 7.78. The first-order valence-electron chi connectivity index (χ1n) is 6.13. The third-order valence-corrected chi connectivity index (χ3v) is 2.60. The van der Waals surface area contributed by atoms with Crippen molar-refractivity contribution in [2.75, 3.05) is 18.4 Å². The molecule has 0 fully saturated rings. The number of halogens is 1. The zero-order valence-electron chi connectivity index (χ0n) is 10.9. The Morgan fingerprint density at radius 3 is 3.00 bits per heavy atom. The van der Waals surface area contributed by atoms with Crippen molar-refractivity contribution in [3.8, 4) is 0 Å². The molecule has 1 heterocycles. The highest BCUT2D eigenvalue weighted by atomic mass is 127. The lowest BCUT2D eigenvalue weighted by Crippen LogP contribution is -2.40. The van der Waals surface area contributed by atoms with Gasteiger partial charge in [-0.2, -0.15) is 0 Å². The molecule has 3 N–H and O–H groups in total. The van der Waals surface area contributed by atoms with Crippen molar-refractivity contribution >= 4 is 41.5 Å². The van der Waals surface area contributed by atoms with E-state index in [-0.39, 0.29) is 29.9 Å². The van der Waals surface area contributed by atoms with Crippen LogP contribution in [0.25, 0.3) is 0 Å². The molecule has 1 aliphatic rings. The minimum absolute atomic E-state index is 0. The van der Waals surface area contributed by atoms with Crippen LogP contribution in [0.1, 0.15) is 18.9 Å². The Morgan fingerprint density at radius 2 is 2.32 bits per heavy atom. The summed E-state index contributed by atoms with van der Waals surface area (Å²) in [6.45, 7) is 4.05. The molecule has 1 aromatic carbocycles. The van der Waals surface area contributed by atoms with Gasteiger partial charge in [0.2, 0.25) is 5.91 Å². The maximum Gasteiger partial charge on any atom is 0.221 e. The van der Waals surface area contributed by atoms with Crippen molar-refractivity contribution in [3.05, 3.63) is 29.8 Å². The SMILES string of the molecule is CC(=O)Nc1cccc(CNC2=NCCCN2)c1.I. The summed E-state index contributed by atoms with van der Waals surface area (Å²) in [4.78, 5) is 15.3. The highest BCUT2D eigenvalue weighted by Gasteiger charge is 2.03. The first-order valence-corrected chi connectivity index (χ1v) is 6.13. The van der Waals surface area contributed by atoms with E-state index in [1.165, 1.54) is 6.92 Å². The number of hydrogen-bond donors (Lipinski definition) is 3. The maximum atomic E-state index is 11.0. The van der Waals surface area contributed by atoms with Crippen LogP contribution in [0.5, 0.6) is 0 Å². The number of nitrogens with one attached hydrogen (secondary N) is 3. The molecular formula is C13H19IN4O. The molecule has 0 bridgehead atoms. The van der Waals surface area contributed by atoms with Gasteiger partial charge in [-0.3, -0.25) is 9.79 Å². The van der Waals surface area contributed by atoms with Crippen LogP contribution in [0, 0.1) is 0 Å². The molecule has 1 amide bonds. The van der Waals surface area contributed by atoms with Crippen molar-refractivity contribution in [2.24, 2.45) is 4.99 Å². The van der Waals surface area contributed by atoms with Crippen LogP contribution >= 0.6 is 24.0 Å². The van der Waals surface area contributed by atoms with E-state index in [4.69, 9.17) is 0 Å². The fourth-order valence-electron chi connectivity index (χ4n) is 1.80. The van der Waals surface area contributed by atoms with Gasteiger partial charge in [0.15, 0.2) is 5.96 Å². The summed E-state index contributed by atoms with van der Waals surface area (Å²) in [5.74, 6) is 0.796. The molecule has 0 unspecified atom stereocenters. The predicted molar refractivity (Wildman–Crippen MR) is 87.9 cm³/mol. The minimum atomic E-state index is -0.0570. The van der Waals surface area contributed by atoms with Crippen LogP contribution in [-0.4, -0.2) is 25.0 Å². The van der Waals surface area contributed by atoms with Crippen molar-refractivity contribution in [1.82, 2.24) is 10.6 Å². The summed E-state index contributed by atoms with van der Waals surface area (Å²) >= 11 is 0. The minimum Gasteiger partial charge on any atom is -0.356 e. The summed E-state index contributed by atoms with van der Waals surface area (Å²) in [7, 11) is 0. The summed E-state index contributed by atoms with van der Waals surface area (Å²) in [6.07, 6.45) is 1.09. The summed E-state index contributed by atoms with van der Waals surface area (Å²) in [5.41, 5.74) is 1.93. The number of anilines is 1. The second kappa shape index (κ2) is 7.98. The fraction of sp³-hybridized carbons (Fsp3) is 0.385. The fourth-order valence-corrected chi connectivity index (χ4v) is 1.80. The summed E-state index contributed by atoms with van der Waals surface area (Å²) in [5, 5.41) is 9.22. The molecule has 0 saturated heterocycles. The average molecular weight is 374 g/mol. The highest BCUT2D eigenvalue weighted by Crippen LogP contribution is 2.10. The number of hydrogen-bond acceptors (Lipinski definition) is 4.